The first-order valence-electron chi connectivity index (χ1n) is 5.55. The molecule has 1 aliphatic rings. The van der Waals surface area contributed by atoms with Crippen LogP contribution in [0.2, 0.25) is 0 Å². The second-order valence-corrected chi connectivity index (χ2v) is 4.96. The summed E-state index contributed by atoms with van der Waals surface area (Å²) >= 11 is 1.21. The summed E-state index contributed by atoms with van der Waals surface area (Å²) in [7, 11) is 0. The number of hydrogen-bond acceptors (Lipinski definition) is 3. The number of urea groups is 1. The van der Waals surface area contributed by atoms with E-state index in [1.165, 1.54) is 17.4 Å². The smallest absolute Gasteiger partial charge is 0.338 e. The lowest BCUT2D eigenvalue weighted by atomic mass is 10.2. The highest BCUT2D eigenvalue weighted by Crippen LogP contribution is 2.23. The van der Waals surface area contributed by atoms with Crippen molar-refractivity contribution in [3.8, 4) is 0 Å². The minimum absolute atomic E-state index is 0.136. The Bertz CT molecular complexity index is 424. The fraction of sp³-hybridized carbons (Fsp3) is 0.455. The maximum atomic E-state index is 11.6. The summed E-state index contributed by atoms with van der Waals surface area (Å²) in [4.78, 5) is 22.5. The van der Waals surface area contributed by atoms with Gasteiger partial charge in [-0.25, -0.2) is 9.59 Å². The highest BCUT2D eigenvalue weighted by Gasteiger charge is 2.19. The molecule has 0 saturated heterocycles. The molecule has 1 aromatic rings. The van der Waals surface area contributed by atoms with E-state index in [9.17, 15) is 9.59 Å². The van der Waals surface area contributed by atoms with Gasteiger partial charge in [0.2, 0.25) is 0 Å². The molecule has 6 heteroatoms. The lowest BCUT2D eigenvalue weighted by Gasteiger charge is -2.12. The fourth-order valence-corrected chi connectivity index (χ4v) is 2.74. The molecule has 0 spiro atoms. The van der Waals surface area contributed by atoms with Gasteiger partial charge in [0.05, 0.1) is 5.56 Å². The monoisotopic (exact) mass is 254 g/mol. The predicted molar refractivity (Wildman–Crippen MR) is 65.7 cm³/mol. The molecule has 5 nitrogen and oxygen atoms in total. The van der Waals surface area contributed by atoms with Crippen LogP contribution in [0, 0.1) is 0 Å². The molecule has 1 fully saturated rings. The van der Waals surface area contributed by atoms with E-state index in [0.29, 0.717) is 5.00 Å². The third-order valence-corrected chi connectivity index (χ3v) is 3.64. The molecule has 0 bridgehead atoms. The van der Waals surface area contributed by atoms with Crippen LogP contribution < -0.4 is 10.6 Å². The Morgan fingerprint density at radius 2 is 2.06 bits per heavy atom. The van der Waals surface area contributed by atoms with Crippen LogP contribution in [0.5, 0.6) is 0 Å². The highest BCUT2D eigenvalue weighted by molar-refractivity contribution is 7.14. The minimum atomic E-state index is -1.03. The van der Waals surface area contributed by atoms with Crippen LogP contribution >= 0.6 is 11.3 Å². The molecular weight excluding hydrogens is 240 g/mol. The number of rotatable bonds is 3. The van der Waals surface area contributed by atoms with Gasteiger partial charge in [-0.3, -0.25) is 5.32 Å². The second-order valence-electron chi connectivity index (χ2n) is 4.05. The molecule has 2 amide bonds. The number of carboxylic acid groups (broad SMARTS) is 1. The first-order chi connectivity index (χ1) is 8.16. The molecular formula is C11H14N2O3S. The highest BCUT2D eigenvalue weighted by atomic mass is 32.1. The zero-order chi connectivity index (χ0) is 12.3. The number of carbonyl (C=O) groups is 2. The molecule has 0 atom stereocenters. The van der Waals surface area contributed by atoms with E-state index in [-0.39, 0.29) is 17.6 Å². The average molecular weight is 254 g/mol. The van der Waals surface area contributed by atoms with E-state index in [1.54, 1.807) is 5.38 Å². The van der Waals surface area contributed by atoms with Crippen LogP contribution in [0.4, 0.5) is 9.80 Å². The molecule has 1 aliphatic carbocycles. The van der Waals surface area contributed by atoms with Crippen molar-refractivity contribution >= 4 is 28.3 Å². The summed E-state index contributed by atoms with van der Waals surface area (Å²) in [6.45, 7) is 0. The Labute approximate surface area is 103 Å². The molecule has 1 saturated carbocycles. The lowest BCUT2D eigenvalue weighted by molar-refractivity contribution is 0.0698. The van der Waals surface area contributed by atoms with E-state index in [2.05, 4.69) is 10.6 Å². The van der Waals surface area contributed by atoms with E-state index in [0.717, 1.165) is 25.7 Å². The summed E-state index contributed by atoms with van der Waals surface area (Å²) < 4.78 is 0. The summed E-state index contributed by atoms with van der Waals surface area (Å²) in [6, 6.07) is 1.39. The van der Waals surface area contributed by atoms with Crippen LogP contribution in [0.25, 0.3) is 0 Å². The molecule has 17 heavy (non-hydrogen) atoms. The van der Waals surface area contributed by atoms with Crippen molar-refractivity contribution < 1.29 is 14.7 Å². The topological polar surface area (TPSA) is 78.4 Å². The van der Waals surface area contributed by atoms with Crippen molar-refractivity contribution in [2.75, 3.05) is 5.32 Å². The zero-order valence-corrected chi connectivity index (χ0v) is 10.0. The number of hydrogen-bond donors (Lipinski definition) is 3. The number of carbonyl (C=O) groups excluding carboxylic acids is 1. The van der Waals surface area contributed by atoms with Gasteiger partial charge < -0.3 is 10.4 Å². The van der Waals surface area contributed by atoms with Gasteiger partial charge in [0, 0.05) is 6.04 Å². The van der Waals surface area contributed by atoms with Crippen molar-refractivity contribution in [2.45, 2.75) is 31.7 Å². The third-order valence-electron chi connectivity index (χ3n) is 2.81. The van der Waals surface area contributed by atoms with Gasteiger partial charge in [0.15, 0.2) is 0 Å². The van der Waals surface area contributed by atoms with E-state index in [4.69, 9.17) is 5.11 Å². The van der Waals surface area contributed by atoms with E-state index >= 15 is 0 Å². The van der Waals surface area contributed by atoms with Gasteiger partial charge in [-0.2, -0.15) is 0 Å². The number of nitrogens with one attached hydrogen (secondary N) is 2. The molecule has 0 radical (unpaired) electrons. The van der Waals surface area contributed by atoms with Crippen LogP contribution in [0.3, 0.4) is 0 Å². The Balaban J connectivity index is 1.93. The summed E-state index contributed by atoms with van der Waals surface area (Å²) in [5.74, 6) is -1.03. The maximum Gasteiger partial charge on any atom is 0.338 e. The molecule has 3 N–H and O–H groups in total. The van der Waals surface area contributed by atoms with Crippen LogP contribution in [-0.4, -0.2) is 23.1 Å². The number of anilines is 1. The SMILES string of the molecule is O=C(Nc1sccc1C(=O)O)NC1CCCC1. The summed E-state index contributed by atoms with van der Waals surface area (Å²) in [5.41, 5.74) is 0.136. The number of carboxylic acids is 1. The van der Waals surface area contributed by atoms with Gasteiger partial charge in [-0.05, 0) is 24.3 Å². The first kappa shape index (κ1) is 11.9. The lowest BCUT2D eigenvalue weighted by Crippen LogP contribution is -2.36. The largest absolute Gasteiger partial charge is 0.478 e. The zero-order valence-electron chi connectivity index (χ0n) is 9.23. The molecule has 0 unspecified atom stereocenters. The third kappa shape index (κ3) is 2.97. The molecule has 0 aliphatic heterocycles. The predicted octanol–water partition coefficient (Wildman–Crippen LogP) is 2.51. The van der Waals surface area contributed by atoms with Crippen molar-refractivity contribution in [1.82, 2.24) is 5.32 Å². The van der Waals surface area contributed by atoms with Gasteiger partial charge in [-0.15, -0.1) is 11.3 Å². The van der Waals surface area contributed by atoms with Crippen LogP contribution in [0.15, 0.2) is 11.4 Å². The molecule has 0 aromatic carbocycles. The van der Waals surface area contributed by atoms with Crippen LogP contribution in [-0.2, 0) is 0 Å². The summed E-state index contributed by atoms with van der Waals surface area (Å²) in [6.07, 6.45) is 4.29. The molecule has 1 heterocycles. The van der Waals surface area contributed by atoms with E-state index in [1.807, 2.05) is 0 Å². The molecule has 2 rings (SSSR count). The van der Waals surface area contributed by atoms with Crippen molar-refractivity contribution in [3.63, 3.8) is 0 Å². The standard InChI is InChI=1S/C11H14N2O3S/c14-10(15)8-5-6-17-9(8)13-11(16)12-7-3-1-2-4-7/h5-7H,1-4H2,(H,14,15)(H2,12,13,16). The average Bonchev–Trinajstić information content (AvgIpc) is 2.88. The van der Waals surface area contributed by atoms with Gasteiger partial charge in [-0.1, -0.05) is 12.8 Å². The first-order valence-corrected chi connectivity index (χ1v) is 6.43. The fourth-order valence-electron chi connectivity index (χ4n) is 1.97. The maximum absolute atomic E-state index is 11.6. The minimum Gasteiger partial charge on any atom is -0.478 e. The quantitative estimate of drug-likeness (QED) is 0.775. The van der Waals surface area contributed by atoms with Crippen molar-refractivity contribution in [1.29, 1.82) is 0 Å². The van der Waals surface area contributed by atoms with Gasteiger partial charge in [0.25, 0.3) is 0 Å². The normalized spacial score (nSPS) is 15.8. The number of thiophene rings is 1. The van der Waals surface area contributed by atoms with Crippen LogP contribution in [0.1, 0.15) is 36.0 Å². The van der Waals surface area contributed by atoms with Gasteiger partial charge in [0.1, 0.15) is 5.00 Å². The number of amides is 2. The van der Waals surface area contributed by atoms with Crippen molar-refractivity contribution in [2.24, 2.45) is 0 Å². The summed E-state index contributed by atoms with van der Waals surface area (Å²) in [5, 5.41) is 16.3. The van der Waals surface area contributed by atoms with Gasteiger partial charge >= 0.3 is 12.0 Å². The Kier molecular flexibility index (Phi) is 3.63. The molecule has 92 valence electrons. The second kappa shape index (κ2) is 5.18. The Morgan fingerprint density at radius 3 is 2.71 bits per heavy atom. The van der Waals surface area contributed by atoms with Crippen molar-refractivity contribution in [3.05, 3.63) is 17.0 Å². The van der Waals surface area contributed by atoms with E-state index < -0.39 is 5.97 Å². The molecule has 1 aromatic heterocycles. The Morgan fingerprint density at radius 1 is 1.35 bits per heavy atom. The Hall–Kier alpha value is -1.56. The number of aromatic carboxylic acids is 1.